The summed E-state index contributed by atoms with van der Waals surface area (Å²) in [5.41, 5.74) is 1.43. The van der Waals surface area contributed by atoms with E-state index >= 15 is 0 Å². The Bertz CT molecular complexity index is 765. The number of anilines is 1. The van der Waals surface area contributed by atoms with Crippen molar-refractivity contribution in [2.24, 2.45) is 0 Å². The predicted octanol–water partition coefficient (Wildman–Crippen LogP) is 1.94. The van der Waals surface area contributed by atoms with Crippen molar-refractivity contribution < 1.29 is 4.79 Å². The quantitative estimate of drug-likeness (QED) is 0.926. The minimum atomic E-state index is -0.138. The number of nitrogens with one attached hydrogen (secondary N) is 1. The largest absolute Gasteiger partial charge is 0.353 e. The maximum atomic E-state index is 12.4. The Morgan fingerprint density at radius 1 is 1.20 bits per heavy atom. The highest BCUT2D eigenvalue weighted by molar-refractivity contribution is 5.75. The molecule has 0 bridgehead atoms. The van der Waals surface area contributed by atoms with Crippen LogP contribution < -0.4 is 10.2 Å². The number of aromatic nitrogens is 2. The Labute approximate surface area is 146 Å². The molecule has 1 N–H and O–H groups in total. The van der Waals surface area contributed by atoms with Crippen molar-refractivity contribution in [3.05, 3.63) is 54.0 Å². The third-order valence-electron chi connectivity index (χ3n) is 4.24. The van der Waals surface area contributed by atoms with Gasteiger partial charge in [0.1, 0.15) is 5.82 Å². The summed E-state index contributed by atoms with van der Waals surface area (Å²) in [6, 6.07) is 11.0. The fourth-order valence-corrected chi connectivity index (χ4v) is 2.78. The van der Waals surface area contributed by atoms with Gasteiger partial charge in [-0.05, 0) is 31.2 Å². The first kappa shape index (κ1) is 16.7. The van der Waals surface area contributed by atoms with Gasteiger partial charge in [-0.2, -0.15) is 5.26 Å². The van der Waals surface area contributed by atoms with Gasteiger partial charge in [0.2, 0.25) is 0 Å². The molecule has 3 rings (SSSR count). The molecule has 7 nitrogen and oxygen atoms in total. The molecular weight excluding hydrogens is 316 g/mol. The standard InChI is InChI=1S/C18H20N6O/c1-14(16-4-2-3-6-20-16)22-18(25)24-10-8-23(9-11-24)17-12-15(13-19)5-7-21-17/h2-7,12,14H,8-11H2,1H3,(H,22,25). The maximum absolute atomic E-state index is 12.4. The van der Waals surface area contributed by atoms with Crippen molar-refractivity contribution in [1.82, 2.24) is 20.2 Å². The Morgan fingerprint density at radius 3 is 2.68 bits per heavy atom. The molecular formula is C18H20N6O. The molecule has 2 aromatic rings. The van der Waals surface area contributed by atoms with E-state index in [2.05, 4.69) is 26.3 Å². The maximum Gasteiger partial charge on any atom is 0.318 e. The van der Waals surface area contributed by atoms with Gasteiger partial charge >= 0.3 is 6.03 Å². The minimum absolute atomic E-state index is 0.0865. The smallest absolute Gasteiger partial charge is 0.318 e. The summed E-state index contributed by atoms with van der Waals surface area (Å²) in [4.78, 5) is 24.9. The zero-order chi connectivity index (χ0) is 17.6. The first-order valence-corrected chi connectivity index (χ1v) is 8.25. The molecule has 0 saturated carbocycles. The first-order chi connectivity index (χ1) is 12.2. The highest BCUT2D eigenvalue weighted by Crippen LogP contribution is 2.15. The fourth-order valence-electron chi connectivity index (χ4n) is 2.78. The number of pyridine rings is 2. The van der Waals surface area contributed by atoms with Crippen LogP contribution in [0.25, 0.3) is 0 Å². The summed E-state index contributed by atoms with van der Waals surface area (Å²) in [5, 5.41) is 12.0. The molecule has 0 aliphatic carbocycles. The molecule has 25 heavy (non-hydrogen) atoms. The van der Waals surface area contributed by atoms with Gasteiger partial charge in [0.25, 0.3) is 0 Å². The first-order valence-electron chi connectivity index (χ1n) is 8.25. The number of urea groups is 1. The van der Waals surface area contributed by atoms with Crippen LogP contribution in [0.1, 0.15) is 24.2 Å². The zero-order valence-corrected chi connectivity index (χ0v) is 14.1. The summed E-state index contributed by atoms with van der Waals surface area (Å²) in [6.45, 7) is 4.52. The number of rotatable bonds is 3. The fraction of sp³-hybridized carbons (Fsp3) is 0.333. The van der Waals surface area contributed by atoms with Gasteiger partial charge in [0.15, 0.2) is 0 Å². The van der Waals surface area contributed by atoms with Crippen LogP contribution in [0.4, 0.5) is 10.6 Å². The van der Waals surface area contributed by atoms with Gasteiger partial charge in [-0.15, -0.1) is 0 Å². The number of piperazine rings is 1. The van der Waals surface area contributed by atoms with Crippen molar-refractivity contribution in [2.45, 2.75) is 13.0 Å². The van der Waals surface area contributed by atoms with Gasteiger partial charge in [-0.25, -0.2) is 9.78 Å². The average Bonchev–Trinajstić information content (AvgIpc) is 2.68. The van der Waals surface area contributed by atoms with E-state index in [9.17, 15) is 4.79 Å². The van der Waals surface area contributed by atoms with Crippen LogP contribution >= 0.6 is 0 Å². The Morgan fingerprint density at radius 2 is 2.00 bits per heavy atom. The highest BCUT2D eigenvalue weighted by atomic mass is 16.2. The number of nitriles is 1. The third-order valence-corrected chi connectivity index (χ3v) is 4.24. The van der Waals surface area contributed by atoms with Crippen LogP contribution in [0.3, 0.4) is 0 Å². The van der Waals surface area contributed by atoms with Crippen molar-refractivity contribution in [1.29, 1.82) is 5.26 Å². The molecule has 1 atom stereocenters. The van der Waals surface area contributed by atoms with E-state index in [1.807, 2.05) is 25.1 Å². The van der Waals surface area contributed by atoms with Crippen LogP contribution in [0.15, 0.2) is 42.7 Å². The molecule has 0 radical (unpaired) electrons. The predicted molar refractivity (Wildman–Crippen MR) is 93.9 cm³/mol. The molecule has 1 fully saturated rings. The molecule has 1 aliphatic heterocycles. The molecule has 1 aliphatic rings. The molecule has 1 saturated heterocycles. The van der Waals surface area contributed by atoms with Gasteiger partial charge in [0, 0.05) is 38.6 Å². The van der Waals surface area contributed by atoms with Crippen molar-refractivity contribution in [2.75, 3.05) is 31.1 Å². The molecule has 3 heterocycles. The van der Waals surface area contributed by atoms with E-state index in [0.717, 1.165) is 11.5 Å². The number of hydrogen-bond acceptors (Lipinski definition) is 5. The number of nitrogens with zero attached hydrogens (tertiary/aromatic N) is 5. The van der Waals surface area contributed by atoms with Gasteiger partial charge in [-0.3, -0.25) is 4.98 Å². The topological polar surface area (TPSA) is 85.2 Å². The lowest BCUT2D eigenvalue weighted by Crippen LogP contribution is -2.52. The zero-order valence-electron chi connectivity index (χ0n) is 14.1. The van der Waals surface area contributed by atoms with Gasteiger partial charge in [-0.1, -0.05) is 6.07 Å². The molecule has 0 spiro atoms. The highest BCUT2D eigenvalue weighted by Gasteiger charge is 2.23. The summed E-state index contributed by atoms with van der Waals surface area (Å²) in [7, 11) is 0. The second kappa shape index (κ2) is 7.62. The van der Waals surface area contributed by atoms with Gasteiger partial charge in [0.05, 0.1) is 23.4 Å². The van der Waals surface area contributed by atoms with E-state index in [-0.39, 0.29) is 12.1 Å². The summed E-state index contributed by atoms with van der Waals surface area (Å²) in [5.74, 6) is 0.779. The third kappa shape index (κ3) is 4.04. The van der Waals surface area contributed by atoms with Crippen molar-refractivity contribution >= 4 is 11.8 Å². The average molecular weight is 336 g/mol. The minimum Gasteiger partial charge on any atom is -0.353 e. The number of carbonyl (C=O) groups is 1. The van der Waals surface area contributed by atoms with Crippen LogP contribution in [-0.2, 0) is 0 Å². The molecule has 7 heteroatoms. The molecule has 2 aromatic heterocycles. The van der Waals surface area contributed by atoms with Gasteiger partial charge < -0.3 is 15.1 Å². The van der Waals surface area contributed by atoms with Crippen molar-refractivity contribution in [3.63, 3.8) is 0 Å². The SMILES string of the molecule is CC(NC(=O)N1CCN(c2cc(C#N)ccn2)CC1)c1ccccn1. The lowest BCUT2D eigenvalue weighted by atomic mass is 10.2. The second-order valence-corrected chi connectivity index (χ2v) is 5.91. The van der Waals surface area contributed by atoms with E-state index in [1.54, 1.807) is 29.4 Å². The van der Waals surface area contributed by atoms with Crippen LogP contribution in [0.2, 0.25) is 0 Å². The second-order valence-electron chi connectivity index (χ2n) is 5.91. The van der Waals surface area contributed by atoms with E-state index < -0.39 is 0 Å². The normalized spacial score (nSPS) is 15.4. The lowest BCUT2D eigenvalue weighted by Gasteiger charge is -2.35. The lowest BCUT2D eigenvalue weighted by molar-refractivity contribution is 0.191. The summed E-state index contributed by atoms with van der Waals surface area (Å²) in [6.07, 6.45) is 3.36. The molecule has 1 unspecified atom stereocenters. The molecule has 2 amide bonds. The Balaban J connectivity index is 1.55. The van der Waals surface area contributed by atoms with Crippen LogP contribution in [-0.4, -0.2) is 47.1 Å². The van der Waals surface area contributed by atoms with E-state index in [1.165, 1.54) is 0 Å². The number of carbonyl (C=O) groups excluding carboxylic acids is 1. The number of hydrogen-bond donors (Lipinski definition) is 1. The van der Waals surface area contributed by atoms with E-state index in [4.69, 9.17) is 5.26 Å². The number of amides is 2. The summed E-state index contributed by atoms with van der Waals surface area (Å²) >= 11 is 0. The van der Waals surface area contributed by atoms with Crippen LogP contribution in [0, 0.1) is 11.3 Å². The van der Waals surface area contributed by atoms with Crippen molar-refractivity contribution in [3.8, 4) is 6.07 Å². The Kier molecular flexibility index (Phi) is 5.09. The van der Waals surface area contributed by atoms with Crippen LogP contribution in [0.5, 0.6) is 0 Å². The molecule has 0 aromatic carbocycles. The summed E-state index contributed by atoms with van der Waals surface area (Å²) < 4.78 is 0. The monoisotopic (exact) mass is 336 g/mol. The Hall–Kier alpha value is -3.14. The molecule has 128 valence electrons. The van der Waals surface area contributed by atoms with E-state index in [0.29, 0.717) is 31.7 Å².